The van der Waals surface area contributed by atoms with Crippen LogP contribution < -0.4 is 5.32 Å². The second-order valence-electron chi connectivity index (χ2n) is 2.29. The van der Waals surface area contributed by atoms with Crippen molar-refractivity contribution in [1.82, 2.24) is 5.32 Å². The molecule has 0 heterocycles. The van der Waals surface area contributed by atoms with E-state index in [4.69, 9.17) is 5.41 Å². The van der Waals surface area contributed by atoms with Gasteiger partial charge < -0.3 is 10.7 Å². The predicted octanol–water partition coefficient (Wildman–Crippen LogP) is 2.26. The van der Waals surface area contributed by atoms with E-state index in [1.807, 2.05) is 0 Å². The Balaban J connectivity index is 3.00. The highest BCUT2D eigenvalue weighted by atomic mass is 79.9. The number of nitrogens with one attached hydrogen (secondary N) is 2. The van der Waals surface area contributed by atoms with Gasteiger partial charge in [-0.05, 0) is 22.0 Å². The second kappa shape index (κ2) is 3.67. The number of allylic oxidation sites excluding steroid dienone is 5. The van der Waals surface area contributed by atoms with Gasteiger partial charge in [0.1, 0.15) is 5.83 Å². The largest absolute Gasteiger partial charge is 0.393 e. The molecule has 0 aromatic rings. The van der Waals surface area contributed by atoms with E-state index in [9.17, 15) is 4.39 Å². The van der Waals surface area contributed by atoms with E-state index in [1.54, 1.807) is 19.3 Å². The molecule has 4 heteroatoms. The quantitative estimate of drug-likeness (QED) is 0.713. The molecule has 2 nitrogen and oxygen atoms in total. The molecule has 0 unspecified atom stereocenters. The van der Waals surface area contributed by atoms with Crippen molar-refractivity contribution < 1.29 is 4.39 Å². The van der Waals surface area contributed by atoms with E-state index in [0.29, 0.717) is 10.1 Å². The van der Waals surface area contributed by atoms with Crippen molar-refractivity contribution in [3.05, 3.63) is 34.2 Å². The molecule has 0 aromatic carbocycles. The topological polar surface area (TPSA) is 35.9 Å². The molecule has 1 aliphatic carbocycles. The maximum atomic E-state index is 12.8. The van der Waals surface area contributed by atoms with Crippen LogP contribution in [-0.4, -0.2) is 12.8 Å². The lowest BCUT2D eigenvalue weighted by Crippen LogP contribution is -2.06. The van der Waals surface area contributed by atoms with Crippen LogP contribution in [0.15, 0.2) is 34.2 Å². The van der Waals surface area contributed by atoms with Crippen LogP contribution in [0.2, 0.25) is 0 Å². The van der Waals surface area contributed by atoms with Crippen LogP contribution in [0, 0.1) is 5.41 Å². The first-order chi connectivity index (χ1) is 5.65. The van der Waals surface area contributed by atoms with Gasteiger partial charge in [-0.25, -0.2) is 4.39 Å². The van der Waals surface area contributed by atoms with Crippen molar-refractivity contribution >= 4 is 21.6 Å². The third-order valence-electron chi connectivity index (χ3n) is 1.39. The molecule has 0 aliphatic heterocycles. The van der Waals surface area contributed by atoms with Gasteiger partial charge in [0.15, 0.2) is 0 Å². The predicted molar refractivity (Wildman–Crippen MR) is 51.1 cm³/mol. The van der Waals surface area contributed by atoms with Crippen LogP contribution in [0.1, 0.15) is 0 Å². The molecule has 0 saturated heterocycles. The van der Waals surface area contributed by atoms with Gasteiger partial charge in [-0.1, -0.05) is 0 Å². The molecule has 0 atom stereocenters. The van der Waals surface area contributed by atoms with E-state index >= 15 is 0 Å². The van der Waals surface area contributed by atoms with Crippen molar-refractivity contribution in [2.45, 2.75) is 0 Å². The van der Waals surface area contributed by atoms with Crippen LogP contribution in [0.4, 0.5) is 4.39 Å². The summed E-state index contributed by atoms with van der Waals surface area (Å²) in [4.78, 5) is 0. The molecule has 1 rings (SSSR count). The van der Waals surface area contributed by atoms with Gasteiger partial charge in [0.05, 0.1) is 10.2 Å². The summed E-state index contributed by atoms with van der Waals surface area (Å²) >= 11 is 3.04. The van der Waals surface area contributed by atoms with E-state index < -0.39 is 5.83 Å². The van der Waals surface area contributed by atoms with Gasteiger partial charge in [0.2, 0.25) is 0 Å². The number of halogens is 2. The maximum Gasteiger partial charge on any atom is 0.139 e. The zero-order valence-corrected chi connectivity index (χ0v) is 8.07. The molecule has 2 N–H and O–H groups in total. The average molecular weight is 231 g/mol. The van der Waals surface area contributed by atoms with Crippen LogP contribution in [0.3, 0.4) is 0 Å². The van der Waals surface area contributed by atoms with E-state index in [2.05, 4.69) is 21.2 Å². The highest BCUT2D eigenvalue weighted by molar-refractivity contribution is 9.12. The van der Waals surface area contributed by atoms with Crippen molar-refractivity contribution in [1.29, 1.82) is 5.41 Å². The molecule has 0 fully saturated rings. The molecule has 0 radical (unpaired) electrons. The molecule has 1 aliphatic rings. The molecule has 64 valence electrons. The molecule has 0 aromatic heterocycles. The van der Waals surface area contributed by atoms with Gasteiger partial charge in [-0.2, -0.15) is 0 Å². The van der Waals surface area contributed by atoms with Crippen LogP contribution in [0.25, 0.3) is 0 Å². The molecule has 0 saturated carbocycles. The first-order valence-electron chi connectivity index (χ1n) is 3.36. The third-order valence-corrected chi connectivity index (χ3v) is 2.00. The summed E-state index contributed by atoms with van der Waals surface area (Å²) in [6, 6.07) is 0. The Labute approximate surface area is 78.5 Å². The van der Waals surface area contributed by atoms with Crippen molar-refractivity contribution in [2.75, 3.05) is 7.05 Å². The highest BCUT2D eigenvalue weighted by Gasteiger charge is 2.11. The minimum atomic E-state index is -0.409. The fourth-order valence-electron chi connectivity index (χ4n) is 0.837. The summed E-state index contributed by atoms with van der Waals surface area (Å²) in [5.74, 6) is -0.409. The molecular formula is C8H8BrFN2. The Morgan fingerprint density at radius 3 is 2.83 bits per heavy atom. The minimum Gasteiger partial charge on any atom is -0.393 e. The summed E-state index contributed by atoms with van der Waals surface area (Å²) in [5.41, 5.74) is 0.829. The molecule has 0 bridgehead atoms. The number of hydrogen-bond acceptors (Lipinski definition) is 2. The smallest absolute Gasteiger partial charge is 0.139 e. The zero-order valence-electron chi connectivity index (χ0n) is 6.49. The summed E-state index contributed by atoms with van der Waals surface area (Å²) in [7, 11) is 1.73. The monoisotopic (exact) mass is 230 g/mol. The van der Waals surface area contributed by atoms with E-state index in [-0.39, 0.29) is 5.71 Å². The Kier molecular flexibility index (Phi) is 2.81. The van der Waals surface area contributed by atoms with E-state index in [0.717, 1.165) is 0 Å². The van der Waals surface area contributed by atoms with Crippen LogP contribution in [-0.2, 0) is 0 Å². The minimum absolute atomic E-state index is 0.171. The standard InChI is InChI=1S/C8H8BrFN2/c1-12-4-5-2-6(9)7(10)3-8(5)11/h2-4,11-12H,1H3/b5-4-,11-8?. The Morgan fingerprint density at radius 2 is 2.25 bits per heavy atom. The lowest BCUT2D eigenvalue weighted by Gasteiger charge is -2.07. The zero-order chi connectivity index (χ0) is 9.14. The maximum absolute atomic E-state index is 12.8. The van der Waals surface area contributed by atoms with Crippen LogP contribution in [0.5, 0.6) is 0 Å². The van der Waals surface area contributed by atoms with Crippen LogP contribution >= 0.6 is 15.9 Å². The summed E-state index contributed by atoms with van der Waals surface area (Å²) in [6.07, 6.45) is 4.38. The van der Waals surface area contributed by atoms with Crippen molar-refractivity contribution in [3.8, 4) is 0 Å². The molecule has 0 spiro atoms. The van der Waals surface area contributed by atoms with Crippen molar-refractivity contribution in [3.63, 3.8) is 0 Å². The Hall–Kier alpha value is -0.900. The van der Waals surface area contributed by atoms with Gasteiger partial charge in [0, 0.05) is 24.9 Å². The number of hydrogen-bond donors (Lipinski definition) is 2. The van der Waals surface area contributed by atoms with Gasteiger partial charge in [0.25, 0.3) is 0 Å². The lowest BCUT2D eigenvalue weighted by molar-refractivity contribution is 0.664. The summed E-state index contributed by atoms with van der Waals surface area (Å²) in [6.45, 7) is 0. The first kappa shape index (κ1) is 9.19. The highest BCUT2D eigenvalue weighted by Crippen LogP contribution is 2.25. The van der Waals surface area contributed by atoms with Crippen molar-refractivity contribution in [2.24, 2.45) is 0 Å². The van der Waals surface area contributed by atoms with E-state index in [1.165, 1.54) is 6.08 Å². The lowest BCUT2D eigenvalue weighted by atomic mass is 10.1. The summed E-state index contributed by atoms with van der Waals surface area (Å²) in [5, 5.41) is 10.2. The average Bonchev–Trinajstić information content (AvgIpc) is 2.01. The normalized spacial score (nSPS) is 20.6. The fraction of sp³-hybridized carbons (Fsp3) is 0.125. The number of rotatable bonds is 1. The second-order valence-corrected chi connectivity index (χ2v) is 3.14. The molecule has 0 amide bonds. The first-order valence-corrected chi connectivity index (χ1v) is 4.15. The molecular weight excluding hydrogens is 223 g/mol. The SMILES string of the molecule is CN/C=C1/C=C(Br)C(F)=CC1=N. The summed E-state index contributed by atoms with van der Waals surface area (Å²) < 4.78 is 13.2. The van der Waals surface area contributed by atoms with Gasteiger partial charge in [-0.15, -0.1) is 0 Å². The third kappa shape index (κ3) is 1.82. The van der Waals surface area contributed by atoms with Gasteiger partial charge in [-0.3, -0.25) is 0 Å². The van der Waals surface area contributed by atoms with Gasteiger partial charge >= 0.3 is 0 Å². The Morgan fingerprint density at radius 1 is 1.58 bits per heavy atom. The Bertz CT molecular complexity index is 302. The fourth-order valence-corrected chi connectivity index (χ4v) is 1.20. The molecule has 12 heavy (non-hydrogen) atoms.